The first-order valence-electron chi connectivity index (χ1n) is 8.25. The van der Waals surface area contributed by atoms with Crippen molar-refractivity contribution < 1.29 is 9.59 Å². The van der Waals surface area contributed by atoms with Gasteiger partial charge >= 0.3 is 0 Å². The number of rotatable bonds is 3. The lowest BCUT2D eigenvalue weighted by molar-refractivity contribution is 0.0827. The predicted molar refractivity (Wildman–Crippen MR) is 103 cm³/mol. The minimum absolute atomic E-state index is 0.0711. The number of H-pyrrole nitrogens is 2. The van der Waals surface area contributed by atoms with Crippen LogP contribution in [0.4, 0.5) is 5.69 Å². The second-order valence-electron chi connectivity index (χ2n) is 6.38. The van der Waals surface area contributed by atoms with Gasteiger partial charge in [0.25, 0.3) is 11.8 Å². The van der Waals surface area contributed by atoms with Crippen molar-refractivity contribution in [2.24, 2.45) is 0 Å². The maximum absolute atomic E-state index is 12.6. The molecule has 0 radical (unpaired) electrons. The molecule has 0 aliphatic rings. The number of aromatic amines is 2. The highest BCUT2D eigenvalue weighted by molar-refractivity contribution is 6.10. The van der Waals surface area contributed by atoms with Crippen LogP contribution < -0.4 is 5.32 Å². The molecule has 6 heteroatoms. The summed E-state index contributed by atoms with van der Waals surface area (Å²) in [6.45, 7) is 0. The van der Waals surface area contributed by atoms with Crippen molar-refractivity contribution >= 4 is 39.3 Å². The van der Waals surface area contributed by atoms with Gasteiger partial charge in [0.1, 0.15) is 5.69 Å². The molecule has 2 aromatic carbocycles. The Morgan fingerprint density at radius 2 is 1.85 bits per heavy atom. The van der Waals surface area contributed by atoms with Crippen molar-refractivity contribution in [2.45, 2.75) is 0 Å². The molecule has 0 saturated heterocycles. The summed E-state index contributed by atoms with van der Waals surface area (Å²) < 4.78 is 0. The number of hydrogen-bond donors (Lipinski definition) is 3. The molecular weight excluding hydrogens is 328 g/mol. The summed E-state index contributed by atoms with van der Waals surface area (Å²) >= 11 is 0. The van der Waals surface area contributed by atoms with Crippen LogP contribution in [-0.4, -0.2) is 40.8 Å². The maximum Gasteiger partial charge on any atom is 0.272 e. The first-order chi connectivity index (χ1) is 12.5. The lowest BCUT2D eigenvalue weighted by Gasteiger charge is -2.09. The molecule has 0 fully saturated rings. The molecule has 3 N–H and O–H groups in total. The van der Waals surface area contributed by atoms with Gasteiger partial charge in [0.15, 0.2) is 0 Å². The SMILES string of the molecule is CN(C)C(=O)c1ccc2[nH]c(C(=O)Nc3cccc4[nH]ccc34)cc2c1. The number of aromatic nitrogens is 2. The van der Waals surface area contributed by atoms with E-state index in [9.17, 15) is 9.59 Å². The normalized spacial score (nSPS) is 11.0. The first kappa shape index (κ1) is 16.0. The fraction of sp³-hybridized carbons (Fsp3) is 0.100. The van der Waals surface area contributed by atoms with Gasteiger partial charge in [-0.15, -0.1) is 0 Å². The zero-order valence-corrected chi connectivity index (χ0v) is 14.5. The van der Waals surface area contributed by atoms with E-state index in [1.54, 1.807) is 32.3 Å². The van der Waals surface area contributed by atoms with E-state index in [2.05, 4.69) is 15.3 Å². The van der Waals surface area contributed by atoms with E-state index in [0.29, 0.717) is 11.3 Å². The topological polar surface area (TPSA) is 81.0 Å². The average molecular weight is 346 g/mol. The maximum atomic E-state index is 12.6. The van der Waals surface area contributed by atoms with Crippen LogP contribution in [0.25, 0.3) is 21.8 Å². The average Bonchev–Trinajstić information content (AvgIpc) is 3.27. The Morgan fingerprint density at radius 3 is 2.65 bits per heavy atom. The van der Waals surface area contributed by atoms with Gasteiger partial charge in [0.05, 0.1) is 5.69 Å². The smallest absolute Gasteiger partial charge is 0.272 e. The Balaban J connectivity index is 1.65. The predicted octanol–water partition coefficient (Wildman–Crippen LogP) is 3.60. The molecule has 0 spiro atoms. The van der Waals surface area contributed by atoms with Gasteiger partial charge in [-0.1, -0.05) is 6.07 Å². The molecule has 0 atom stereocenters. The minimum Gasteiger partial charge on any atom is -0.361 e. The van der Waals surface area contributed by atoms with Crippen molar-refractivity contribution in [3.8, 4) is 0 Å². The second-order valence-corrected chi connectivity index (χ2v) is 6.38. The highest BCUT2D eigenvalue weighted by atomic mass is 16.2. The Morgan fingerprint density at radius 1 is 1.00 bits per heavy atom. The van der Waals surface area contributed by atoms with E-state index in [-0.39, 0.29) is 11.8 Å². The zero-order valence-electron chi connectivity index (χ0n) is 14.5. The molecule has 4 aromatic rings. The van der Waals surface area contributed by atoms with Crippen LogP contribution in [0.1, 0.15) is 20.8 Å². The molecule has 2 heterocycles. The van der Waals surface area contributed by atoms with E-state index in [0.717, 1.165) is 27.5 Å². The molecule has 0 bridgehead atoms. The summed E-state index contributed by atoms with van der Waals surface area (Å²) in [6.07, 6.45) is 1.84. The third-order valence-corrected chi connectivity index (χ3v) is 4.36. The summed E-state index contributed by atoms with van der Waals surface area (Å²) in [5.41, 5.74) is 3.56. The van der Waals surface area contributed by atoms with Crippen molar-refractivity contribution in [2.75, 3.05) is 19.4 Å². The van der Waals surface area contributed by atoms with Crippen LogP contribution in [0, 0.1) is 0 Å². The number of nitrogens with one attached hydrogen (secondary N) is 3. The molecular formula is C20H18N4O2. The number of carbonyl (C=O) groups excluding carboxylic acids is 2. The zero-order chi connectivity index (χ0) is 18.3. The number of hydrogen-bond acceptors (Lipinski definition) is 2. The monoisotopic (exact) mass is 346 g/mol. The van der Waals surface area contributed by atoms with Crippen LogP contribution in [0.3, 0.4) is 0 Å². The first-order valence-corrected chi connectivity index (χ1v) is 8.25. The van der Waals surface area contributed by atoms with Gasteiger partial charge < -0.3 is 20.2 Å². The molecule has 6 nitrogen and oxygen atoms in total. The third-order valence-electron chi connectivity index (χ3n) is 4.36. The third kappa shape index (κ3) is 2.71. The highest BCUT2D eigenvalue weighted by Gasteiger charge is 2.14. The molecule has 0 unspecified atom stereocenters. The lowest BCUT2D eigenvalue weighted by atomic mass is 10.1. The van der Waals surface area contributed by atoms with Crippen LogP contribution >= 0.6 is 0 Å². The summed E-state index contributed by atoms with van der Waals surface area (Å²) in [7, 11) is 3.42. The molecule has 0 aliphatic heterocycles. The minimum atomic E-state index is -0.226. The summed E-state index contributed by atoms with van der Waals surface area (Å²) in [5, 5.41) is 4.71. The van der Waals surface area contributed by atoms with Crippen molar-refractivity contribution in [1.29, 1.82) is 0 Å². The van der Waals surface area contributed by atoms with Gasteiger partial charge in [0.2, 0.25) is 0 Å². The molecule has 4 rings (SSSR count). The lowest BCUT2D eigenvalue weighted by Crippen LogP contribution is -2.21. The Bertz CT molecular complexity index is 1140. The largest absolute Gasteiger partial charge is 0.361 e. The van der Waals surface area contributed by atoms with E-state index in [1.165, 1.54) is 4.90 Å². The van der Waals surface area contributed by atoms with Crippen LogP contribution in [0.15, 0.2) is 54.7 Å². The fourth-order valence-corrected chi connectivity index (χ4v) is 3.03. The number of benzene rings is 2. The van der Waals surface area contributed by atoms with Crippen molar-refractivity contribution in [3.05, 3.63) is 66.0 Å². The Kier molecular flexibility index (Phi) is 3.73. The van der Waals surface area contributed by atoms with Gasteiger partial charge in [-0.3, -0.25) is 9.59 Å². The number of carbonyl (C=O) groups is 2. The number of nitrogens with zero attached hydrogens (tertiary/aromatic N) is 1. The summed E-state index contributed by atoms with van der Waals surface area (Å²) in [6, 6.07) is 14.8. The van der Waals surface area contributed by atoms with E-state index in [4.69, 9.17) is 0 Å². The fourth-order valence-electron chi connectivity index (χ4n) is 3.03. The van der Waals surface area contributed by atoms with Crippen molar-refractivity contribution in [1.82, 2.24) is 14.9 Å². The van der Waals surface area contributed by atoms with Crippen molar-refractivity contribution in [3.63, 3.8) is 0 Å². The standard InChI is InChI=1S/C20H18N4O2/c1-24(2)20(26)12-6-7-15-13(10-12)11-18(22-15)19(25)23-17-5-3-4-16-14(17)8-9-21-16/h3-11,21-22H,1-2H3,(H,23,25). The molecule has 2 amide bonds. The van der Waals surface area contributed by atoms with Gasteiger partial charge in [-0.25, -0.2) is 0 Å². The molecule has 130 valence electrons. The van der Waals surface area contributed by atoms with Crippen LogP contribution in [-0.2, 0) is 0 Å². The number of amides is 2. The molecule has 26 heavy (non-hydrogen) atoms. The summed E-state index contributed by atoms with van der Waals surface area (Å²) in [4.78, 5) is 32.5. The van der Waals surface area contributed by atoms with Gasteiger partial charge in [0, 0.05) is 47.7 Å². The number of fused-ring (bicyclic) bond motifs is 2. The van der Waals surface area contributed by atoms with E-state index >= 15 is 0 Å². The number of anilines is 1. The quantitative estimate of drug-likeness (QED) is 0.530. The van der Waals surface area contributed by atoms with Crippen LogP contribution in [0.5, 0.6) is 0 Å². The second kappa shape index (κ2) is 6.07. The van der Waals surface area contributed by atoms with E-state index < -0.39 is 0 Å². The summed E-state index contributed by atoms with van der Waals surface area (Å²) in [5.74, 6) is -0.298. The highest BCUT2D eigenvalue weighted by Crippen LogP contribution is 2.24. The van der Waals surface area contributed by atoms with E-state index in [1.807, 2.05) is 36.5 Å². The molecule has 0 aliphatic carbocycles. The van der Waals surface area contributed by atoms with Gasteiger partial charge in [-0.2, -0.15) is 0 Å². The van der Waals surface area contributed by atoms with Crippen LogP contribution in [0.2, 0.25) is 0 Å². The van der Waals surface area contributed by atoms with Gasteiger partial charge in [-0.05, 0) is 42.5 Å². The Hall–Kier alpha value is -3.54. The Labute approximate surface area is 149 Å². The molecule has 2 aromatic heterocycles. The molecule has 0 saturated carbocycles.